The average molecular weight is 485 g/mol. The smallest absolute Gasteiger partial charge is 0.319 e. The van der Waals surface area contributed by atoms with Crippen LogP contribution in [0.25, 0.3) is 5.65 Å². The minimum Gasteiger partial charge on any atom is -0.338 e. The van der Waals surface area contributed by atoms with E-state index < -0.39 is 0 Å². The van der Waals surface area contributed by atoms with Gasteiger partial charge < -0.3 is 19.9 Å². The van der Waals surface area contributed by atoms with Crippen LogP contribution in [0, 0.1) is 11.3 Å². The number of amides is 3. The van der Waals surface area contributed by atoms with Crippen molar-refractivity contribution in [1.29, 1.82) is 5.26 Å². The van der Waals surface area contributed by atoms with Crippen molar-refractivity contribution in [2.45, 2.75) is 25.3 Å². The molecule has 0 radical (unpaired) electrons. The first-order valence-electron chi connectivity index (χ1n) is 11.4. The highest BCUT2D eigenvalue weighted by atomic mass is 32.1. The molecule has 4 aromatic rings. The Labute approximate surface area is 206 Å². The molecule has 1 saturated heterocycles. The largest absolute Gasteiger partial charge is 0.338 e. The number of piperidine rings is 1. The van der Waals surface area contributed by atoms with E-state index in [1.807, 2.05) is 58.1 Å². The molecule has 0 aliphatic carbocycles. The molecule has 0 atom stereocenters. The number of fused-ring (bicyclic) bond motifs is 1. The second kappa shape index (κ2) is 9.99. The Morgan fingerprint density at radius 1 is 1.09 bits per heavy atom. The standard InChI is InChI=1S/C26H24N6O2S/c27-16-22-5-6-23(35-22)25(33)32-12-8-20(9-13-32)19-1-3-21(4-2-19)30-26(34)29-17-18-7-11-31-14-10-28-24(31)15-18/h1-7,10-11,14-15,20H,8-9,12-13,17H2,(H2,29,30,34). The molecule has 0 unspecified atom stereocenters. The number of aromatic nitrogens is 2. The first-order valence-corrected chi connectivity index (χ1v) is 12.3. The fraction of sp³-hybridized carbons (Fsp3) is 0.231. The molecule has 1 aliphatic heterocycles. The number of nitrogens with zero attached hydrogens (tertiary/aromatic N) is 4. The number of pyridine rings is 1. The van der Waals surface area contributed by atoms with Crippen molar-refractivity contribution in [2.75, 3.05) is 18.4 Å². The Morgan fingerprint density at radius 3 is 2.63 bits per heavy atom. The van der Waals surface area contributed by atoms with Gasteiger partial charge in [-0.1, -0.05) is 12.1 Å². The van der Waals surface area contributed by atoms with Crippen LogP contribution in [0.4, 0.5) is 10.5 Å². The molecule has 35 heavy (non-hydrogen) atoms. The van der Waals surface area contributed by atoms with Crippen LogP contribution in [0.15, 0.2) is 67.1 Å². The van der Waals surface area contributed by atoms with Gasteiger partial charge in [-0.15, -0.1) is 11.3 Å². The number of thiophene rings is 1. The van der Waals surface area contributed by atoms with Gasteiger partial charge in [-0.3, -0.25) is 4.79 Å². The number of carbonyl (C=O) groups is 2. The molecule has 176 valence electrons. The molecule has 0 bridgehead atoms. The summed E-state index contributed by atoms with van der Waals surface area (Å²) in [5.41, 5.74) is 3.76. The Balaban J connectivity index is 1.10. The van der Waals surface area contributed by atoms with E-state index >= 15 is 0 Å². The highest BCUT2D eigenvalue weighted by Gasteiger charge is 2.25. The van der Waals surface area contributed by atoms with Crippen LogP contribution in [0.2, 0.25) is 0 Å². The number of hydrogen-bond donors (Lipinski definition) is 2. The van der Waals surface area contributed by atoms with Gasteiger partial charge in [0.2, 0.25) is 0 Å². The number of rotatable bonds is 5. The van der Waals surface area contributed by atoms with Crippen molar-refractivity contribution in [3.63, 3.8) is 0 Å². The molecular weight excluding hydrogens is 460 g/mol. The molecular formula is C26H24N6O2S. The lowest BCUT2D eigenvalue weighted by molar-refractivity contribution is 0.0718. The molecule has 5 rings (SSSR count). The fourth-order valence-electron chi connectivity index (χ4n) is 4.34. The van der Waals surface area contributed by atoms with E-state index in [0.717, 1.165) is 29.7 Å². The van der Waals surface area contributed by atoms with Gasteiger partial charge in [0, 0.05) is 43.9 Å². The highest BCUT2D eigenvalue weighted by molar-refractivity contribution is 7.14. The van der Waals surface area contributed by atoms with Gasteiger partial charge in [0.15, 0.2) is 0 Å². The molecule has 3 amide bonds. The third-order valence-corrected chi connectivity index (χ3v) is 7.24. The van der Waals surface area contributed by atoms with Crippen molar-refractivity contribution < 1.29 is 9.59 Å². The van der Waals surface area contributed by atoms with Crippen LogP contribution in [-0.4, -0.2) is 39.3 Å². The van der Waals surface area contributed by atoms with Gasteiger partial charge in [0.1, 0.15) is 16.6 Å². The van der Waals surface area contributed by atoms with Crippen molar-refractivity contribution in [2.24, 2.45) is 0 Å². The van der Waals surface area contributed by atoms with Gasteiger partial charge in [-0.05, 0) is 66.3 Å². The summed E-state index contributed by atoms with van der Waals surface area (Å²) < 4.78 is 1.92. The Bertz CT molecular complexity index is 1390. The van der Waals surface area contributed by atoms with E-state index in [1.165, 1.54) is 16.9 Å². The summed E-state index contributed by atoms with van der Waals surface area (Å²) in [6, 6.07) is 17.1. The van der Waals surface area contributed by atoms with Crippen LogP contribution in [0.1, 0.15) is 44.4 Å². The molecule has 1 fully saturated rings. The average Bonchev–Trinajstić information content (AvgIpc) is 3.57. The van der Waals surface area contributed by atoms with Gasteiger partial charge in [-0.25, -0.2) is 9.78 Å². The molecule has 8 nitrogen and oxygen atoms in total. The zero-order chi connectivity index (χ0) is 24.2. The molecule has 1 aromatic carbocycles. The molecule has 0 spiro atoms. The van der Waals surface area contributed by atoms with E-state index in [-0.39, 0.29) is 11.9 Å². The Kier molecular flexibility index (Phi) is 6.46. The lowest BCUT2D eigenvalue weighted by Gasteiger charge is -2.32. The molecule has 3 aromatic heterocycles. The number of carbonyl (C=O) groups excluding carboxylic acids is 2. The molecule has 2 N–H and O–H groups in total. The summed E-state index contributed by atoms with van der Waals surface area (Å²) >= 11 is 1.25. The topological polar surface area (TPSA) is 103 Å². The van der Waals surface area contributed by atoms with Gasteiger partial charge in [0.25, 0.3) is 5.91 Å². The van der Waals surface area contributed by atoms with Gasteiger partial charge >= 0.3 is 6.03 Å². The quantitative estimate of drug-likeness (QED) is 0.432. The van der Waals surface area contributed by atoms with Crippen molar-refractivity contribution in [1.82, 2.24) is 19.6 Å². The monoisotopic (exact) mass is 484 g/mol. The lowest BCUT2D eigenvalue weighted by Crippen LogP contribution is -2.37. The maximum atomic E-state index is 12.7. The Morgan fingerprint density at radius 2 is 1.89 bits per heavy atom. The summed E-state index contributed by atoms with van der Waals surface area (Å²) in [5.74, 6) is 0.378. The van der Waals surface area contributed by atoms with Crippen LogP contribution in [0.5, 0.6) is 0 Å². The number of benzene rings is 1. The van der Waals surface area contributed by atoms with Crippen LogP contribution in [-0.2, 0) is 6.54 Å². The molecule has 9 heteroatoms. The first-order chi connectivity index (χ1) is 17.1. The number of imidazole rings is 1. The van der Waals surface area contributed by atoms with E-state index in [4.69, 9.17) is 5.26 Å². The lowest BCUT2D eigenvalue weighted by atomic mass is 9.89. The minimum atomic E-state index is -0.263. The highest BCUT2D eigenvalue weighted by Crippen LogP contribution is 2.30. The van der Waals surface area contributed by atoms with Crippen molar-refractivity contribution in [3.05, 3.63) is 88.0 Å². The minimum absolute atomic E-state index is 0.00483. The normalized spacial score (nSPS) is 14.0. The summed E-state index contributed by atoms with van der Waals surface area (Å²) in [4.78, 5) is 32.3. The predicted octanol–water partition coefficient (Wildman–Crippen LogP) is 4.61. The van der Waals surface area contributed by atoms with E-state index in [2.05, 4.69) is 21.7 Å². The van der Waals surface area contributed by atoms with Gasteiger partial charge in [-0.2, -0.15) is 5.26 Å². The molecule has 0 saturated carbocycles. The fourth-order valence-corrected chi connectivity index (χ4v) is 5.11. The summed E-state index contributed by atoms with van der Waals surface area (Å²) in [6.07, 6.45) is 7.31. The van der Waals surface area contributed by atoms with Crippen molar-refractivity contribution >= 4 is 34.6 Å². The number of anilines is 1. The van der Waals surface area contributed by atoms with E-state index in [9.17, 15) is 9.59 Å². The number of nitriles is 1. The molecule has 4 heterocycles. The summed E-state index contributed by atoms with van der Waals surface area (Å²) in [6.45, 7) is 1.79. The number of likely N-dealkylation sites (tertiary alicyclic amines) is 1. The van der Waals surface area contributed by atoms with Crippen LogP contribution >= 0.6 is 11.3 Å². The third-order valence-electron chi connectivity index (χ3n) is 6.26. The number of nitrogens with one attached hydrogen (secondary N) is 2. The summed E-state index contributed by atoms with van der Waals surface area (Å²) in [7, 11) is 0. The maximum Gasteiger partial charge on any atom is 0.319 e. The predicted molar refractivity (Wildman–Crippen MR) is 134 cm³/mol. The maximum absolute atomic E-state index is 12.7. The first kappa shape index (κ1) is 22.6. The summed E-state index contributed by atoms with van der Waals surface area (Å²) in [5, 5.41) is 14.7. The van der Waals surface area contributed by atoms with Crippen LogP contribution in [0.3, 0.4) is 0 Å². The third kappa shape index (κ3) is 5.18. The van der Waals surface area contributed by atoms with E-state index in [0.29, 0.717) is 35.3 Å². The molecule has 1 aliphatic rings. The SMILES string of the molecule is N#Cc1ccc(C(=O)N2CCC(c3ccc(NC(=O)NCc4ccn5ccnc5c4)cc3)CC2)s1. The Hall–Kier alpha value is -4.16. The van der Waals surface area contributed by atoms with Crippen LogP contribution < -0.4 is 10.6 Å². The van der Waals surface area contributed by atoms with E-state index in [1.54, 1.807) is 18.3 Å². The second-order valence-electron chi connectivity index (χ2n) is 8.50. The number of urea groups is 1. The zero-order valence-corrected chi connectivity index (χ0v) is 19.8. The second-order valence-corrected chi connectivity index (χ2v) is 9.58. The number of hydrogen-bond acceptors (Lipinski definition) is 5. The van der Waals surface area contributed by atoms with Crippen molar-refractivity contribution in [3.8, 4) is 6.07 Å². The van der Waals surface area contributed by atoms with Gasteiger partial charge in [0.05, 0.1) is 4.88 Å². The zero-order valence-electron chi connectivity index (χ0n) is 19.0.